The fraction of sp³-hybridized carbons (Fsp3) is 0.522. The molecular weight excluding hydrogens is 480 g/mol. The lowest BCUT2D eigenvalue weighted by Crippen LogP contribution is -2.84. The van der Waals surface area contributed by atoms with Gasteiger partial charge in [-0.1, -0.05) is 6.07 Å². The van der Waals surface area contributed by atoms with E-state index in [0.29, 0.717) is 19.3 Å². The molecule has 1 aromatic heterocycles. The molecule has 0 saturated heterocycles. The van der Waals surface area contributed by atoms with E-state index in [0.717, 1.165) is 12.1 Å². The number of alkyl halides is 6. The Labute approximate surface area is 195 Å². The number of nitrogens with zero attached hydrogens (tertiary/aromatic N) is 1. The molecule has 2 N–H and O–H groups in total. The van der Waals surface area contributed by atoms with Crippen LogP contribution in [0.4, 0.5) is 26.3 Å². The molecule has 2 amide bonds. The second kappa shape index (κ2) is 7.81. The van der Waals surface area contributed by atoms with E-state index < -0.39 is 52.8 Å². The average molecular weight is 501 g/mol. The van der Waals surface area contributed by atoms with Crippen molar-refractivity contribution in [3.63, 3.8) is 0 Å². The number of halogens is 6. The molecule has 12 heteroatoms. The number of hydrogen-bond donors (Lipinski definition) is 2. The van der Waals surface area contributed by atoms with Gasteiger partial charge in [0.15, 0.2) is 0 Å². The summed E-state index contributed by atoms with van der Waals surface area (Å²) in [6.07, 6.45) is -8.04. The Bertz CT molecular complexity index is 1170. The molecule has 1 heterocycles. The van der Waals surface area contributed by atoms with E-state index in [2.05, 4.69) is 15.6 Å². The molecule has 4 aliphatic carbocycles. The summed E-state index contributed by atoms with van der Waals surface area (Å²) < 4.78 is 81.4. The molecule has 35 heavy (non-hydrogen) atoms. The summed E-state index contributed by atoms with van der Waals surface area (Å²) in [5.41, 5.74) is -1.41. The minimum absolute atomic E-state index is 0.0751. The first-order valence-corrected chi connectivity index (χ1v) is 11.1. The fourth-order valence-corrected chi connectivity index (χ4v) is 5.28. The Morgan fingerprint density at radius 1 is 0.971 bits per heavy atom. The van der Waals surface area contributed by atoms with Crippen molar-refractivity contribution >= 4 is 22.7 Å². The summed E-state index contributed by atoms with van der Waals surface area (Å²) in [5, 5.41) is 5.99. The predicted molar refractivity (Wildman–Crippen MR) is 110 cm³/mol. The molecule has 2 bridgehead atoms. The van der Waals surface area contributed by atoms with Gasteiger partial charge in [-0.15, -0.1) is 0 Å². The van der Waals surface area contributed by atoms with Crippen LogP contribution >= 0.6 is 0 Å². The molecular formula is C23H21F6N3O3. The van der Waals surface area contributed by atoms with Crippen LogP contribution in [0.25, 0.3) is 10.9 Å². The number of pyridine rings is 1. The van der Waals surface area contributed by atoms with E-state index in [-0.39, 0.29) is 36.0 Å². The van der Waals surface area contributed by atoms with Crippen LogP contribution in [-0.4, -0.2) is 46.8 Å². The van der Waals surface area contributed by atoms with Crippen LogP contribution in [0.5, 0.6) is 0 Å². The molecule has 4 fully saturated rings. The van der Waals surface area contributed by atoms with Crippen LogP contribution < -0.4 is 10.6 Å². The normalized spacial score (nSPS) is 29.5. The average Bonchev–Trinajstić information content (AvgIpc) is 2.67. The van der Waals surface area contributed by atoms with Crippen molar-refractivity contribution in [3.05, 3.63) is 41.6 Å². The number of aromatic nitrogens is 1. The van der Waals surface area contributed by atoms with Crippen molar-refractivity contribution in [2.75, 3.05) is 6.61 Å². The topological polar surface area (TPSA) is 80.3 Å². The second-order valence-electron chi connectivity index (χ2n) is 9.84. The van der Waals surface area contributed by atoms with Crippen LogP contribution in [0.3, 0.4) is 0 Å². The van der Waals surface area contributed by atoms with Gasteiger partial charge < -0.3 is 15.4 Å². The third-order valence-corrected chi connectivity index (χ3v) is 7.07. The van der Waals surface area contributed by atoms with Gasteiger partial charge in [0.1, 0.15) is 12.3 Å². The van der Waals surface area contributed by atoms with E-state index in [1.165, 1.54) is 18.2 Å². The monoisotopic (exact) mass is 501 g/mol. The van der Waals surface area contributed by atoms with E-state index >= 15 is 0 Å². The van der Waals surface area contributed by atoms with Crippen molar-refractivity contribution in [2.24, 2.45) is 5.92 Å². The van der Waals surface area contributed by atoms with Gasteiger partial charge in [-0.25, -0.2) is 4.98 Å². The van der Waals surface area contributed by atoms with Crippen LogP contribution in [0.1, 0.15) is 48.2 Å². The van der Waals surface area contributed by atoms with E-state index in [1.807, 2.05) is 0 Å². The Morgan fingerprint density at radius 2 is 1.63 bits per heavy atom. The third kappa shape index (κ3) is 4.55. The van der Waals surface area contributed by atoms with Gasteiger partial charge in [0, 0.05) is 16.5 Å². The maximum absolute atomic E-state index is 12.9. The fourth-order valence-electron chi connectivity index (χ4n) is 5.28. The molecule has 4 aliphatic rings. The van der Waals surface area contributed by atoms with Gasteiger partial charge in [-0.3, -0.25) is 9.59 Å². The quantitative estimate of drug-likeness (QED) is 0.584. The SMILES string of the molecule is O=C(CO[C@H]1C[C@@H](C(F)(F)F)C1)NC12CC(NC(=O)c3ccc4cc(C(F)(F)F)ccc4n3)(C1)C2. The van der Waals surface area contributed by atoms with E-state index in [9.17, 15) is 35.9 Å². The Morgan fingerprint density at radius 3 is 2.26 bits per heavy atom. The highest BCUT2D eigenvalue weighted by Gasteiger charge is 2.69. The number of hydrogen-bond acceptors (Lipinski definition) is 4. The molecule has 0 spiro atoms. The Balaban J connectivity index is 1.09. The molecule has 1 aromatic carbocycles. The van der Waals surface area contributed by atoms with Crippen LogP contribution in [0.2, 0.25) is 0 Å². The zero-order chi connectivity index (χ0) is 25.2. The number of benzene rings is 1. The molecule has 4 saturated carbocycles. The summed E-state index contributed by atoms with van der Waals surface area (Å²) >= 11 is 0. The molecule has 0 radical (unpaired) electrons. The van der Waals surface area contributed by atoms with Gasteiger partial charge in [0.05, 0.1) is 23.1 Å². The molecule has 0 unspecified atom stereocenters. The first-order valence-electron chi connectivity index (χ1n) is 11.1. The van der Waals surface area contributed by atoms with Gasteiger partial charge in [-0.2, -0.15) is 26.3 Å². The summed E-state index contributed by atoms with van der Waals surface area (Å²) in [6.45, 7) is -0.312. The minimum atomic E-state index is -4.47. The first kappa shape index (κ1) is 23.8. The number of ether oxygens (including phenoxy) is 1. The van der Waals surface area contributed by atoms with Crippen LogP contribution in [0, 0.1) is 5.92 Å². The van der Waals surface area contributed by atoms with Gasteiger partial charge >= 0.3 is 12.4 Å². The van der Waals surface area contributed by atoms with Crippen molar-refractivity contribution in [3.8, 4) is 0 Å². The molecule has 6 nitrogen and oxygen atoms in total. The summed E-state index contributed by atoms with van der Waals surface area (Å²) in [5.74, 6) is -2.24. The molecule has 6 rings (SSSR count). The second-order valence-corrected chi connectivity index (χ2v) is 9.84. The Hall–Kier alpha value is -2.89. The van der Waals surface area contributed by atoms with Crippen molar-refractivity contribution in [2.45, 2.75) is 61.6 Å². The first-order chi connectivity index (χ1) is 16.3. The van der Waals surface area contributed by atoms with Crippen molar-refractivity contribution in [1.29, 1.82) is 0 Å². The molecule has 2 aromatic rings. The lowest BCUT2D eigenvalue weighted by molar-refractivity contribution is -0.220. The van der Waals surface area contributed by atoms with E-state index in [1.54, 1.807) is 0 Å². The lowest BCUT2D eigenvalue weighted by Gasteiger charge is -2.70. The molecule has 188 valence electrons. The maximum Gasteiger partial charge on any atom is 0.416 e. The zero-order valence-electron chi connectivity index (χ0n) is 18.2. The number of carbonyl (C=O) groups is 2. The highest BCUT2D eigenvalue weighted by atomic mass is 19.4. The molecule has 0 aliphatic heterocycles. The highest BCUT2D eigenvalue weighted by Crippen LogP contribution is 2.60. The number of nitrogens with one attached hydrogen (secondary N) is 2. The smallest absolute Gasteiger partial charge is 0.368 e. The summed E-state index contributed by atoms with van der Waals surface area (Å²) in [7, 11) is 0. The maximum atomic E-state index is 12.9. The number of fused-ring (bicyclic) bond motifs is 1. The molecule has 0 atom stereocenters. The third-order valence-electron chi connectivity index (χ3n) is 7.07. The summed E-state index contributed by atoms with van der Waals surface area (Å²) in [4.78, 5) is 28.9. The largest absolute Gasteiger partial charge is 0.416 e. The minimum Gasteiger partial charge on any atom is -0.368 e. The van der Waals surface area contributed by atoms with Gasteiger partial charge in [0.25, 0.3) is 5.91 Å². The van der Waals surface area contributed by atoms with Crippen LogP contribution in [0.15, 0.2) is 30.3 Å². The Kier molecular flexibility index (Phi) is 5.32. The van der Waals surface area contributed by atoms with E-state index in [4.69, 9.17) is 4.74 Å². The standard InChI is InChI=1S/C23H21F6N3O3/c24-22(25,26)13-2-4-16-12(5-13)1-3-17(30-16)19(34)32-21-9-20(10-21,11-21)31-18(33)8-35-15-6-14(7-15)23(27,28)29/h1-5,14-15H,6-11H2,(H,31,33)(H,32,34)/t14-,15+,20?,21?. The number of carbonyl (C=O) groups excluding carboxylic acids is 2. The lowest BCUT2D eigenvalue weighted by atomic mass is 9.44. The predicted octanol–water partition coefficient (Wildman–Crippen LogP) is 4.13. The van der Waals surface area contributed by atoms with Crippen molar-refractivity contribution in [1.82, 2.24) is 15.6 Å². The van der Waals surface area contributed by atoms with Crippen LogP contribution in [-0.2, 0) is 15.7 Å². The summed E-state index contributed by atoms with van der Waals surface area (Å²) in [6, 6.07) is 5.88. The number of rotatable bonds is 6. The van der Waals surface area contributed by atoms with Gasteiger partial charge in [-0.05, 0) is 56.4 Å². The van der Waals surface area contributed by atoms with Gasteiger partial charge in [0.2, 0.25) is 5.91 Å². The number of amides is 2. The highest BCUT2D eigenvalue weighted by molar-refractivity contribution is 5.96. The zero-order valence-corrected chi connectivity index (χ0v) is 18.2. The van der Waals surface area contributed by atoms with Crippen molar-refractivity contribution < 1.29 is 40.7 Å².